The number of carbonyl (C=O) groups excluding carboxylic acids is 1. The van der Waals surface area contributed by atoms with E-state index in [1.807, 2.05) is 0 Å². The predicted octanol–water partition coefficient (Wildman–Crippen LogP) is 6.26. The van der Waals surface area contributed by atoms with E-state index in [0.29, 0.717) is 5.02 Å². The molecule has 0 aliphatic carbocycles. The molecule has 9 heteroatoms. The minimum absolute atomic E-state index is 0.0990. The van der Waals surface area contributed by atoms with Crippen molar-refractivity contribution in [1.82, 2.24) is 0 Å². The lowest BCUT2D eigenvalue weighted by atomic mass is 9.89. The summed E-state index contributed by atoms with van der Waals surface area (Å²) < 4.78 is 74.7. The van der Waals surface area contributed by atoms with Crippen LogP contribution < -0.4 is 0 Å². The Labute approximate surface area is 199 Å². The molecule has 0 spiro atoms. The summed E-state index contributed by atoms with van der Waals surface area (Å²) in [6.07, 6.45) is -6.89. The zero-order valence-electron chi connectivity index (χ0n) is 17.7. The molecule has 4 rings (SSSR count). The Hall–Kier alpha value is -3.10. The smallest absolute Gasteiger partial charge is 0.450 e. The van der Waals surface area contributed by atoms with Crippen molar-refractivity contribution in [2.75, 3.05) is 0 Å². The highest BCUT2D eigenvalue weighted by molar-refractivity contribution is 7.95. The second-order valence-corrected chi connectivity index (χ2v) is 10.2. The van der Waals surface area contributed by atoms with Crippen LogP contribution in [-0.4, -0.2) is 26.5 Å². The molecule has 0 amide bonds. The molecule has 0 unspecified atom stereocenters. The van der Waals surface area contributed by atoms with Crippen LogP contribution in [-0.2, 0) is 14.6 Å². The number of rotatable bonds is 5. The van der Waals surface area contributed by atoms with Crippen molar-refractivity contribution in [2.24, 2.45) is 0 Å². The molecule has 2 atom stereocenters. The van der Waals surface area contributed by atoms with Crippen LogP contribution in [0.3, 0.4) is 0 Å². The lowest BCUT2D eigenvalue weighted by Gasteiger charge is -2.21. The highest BCUT2D eigenvalue weighted by atomic mass is 35.5. The first-order chi connectivity index (χ1) is 16.0. The van der Waals surface area contributed by atoms with Gasteiger partial charge in [-0.25, -0.2) is 8.42 Å². The molecule has 0 saturated heterocycles. The number of benzene rings is 3. The monoisotopic (exact) mass is 506 g/mol. The maximum absolute atomic E-state index is 14.1. The van der Waals surface area contributed by atoms with Crippen LogP contribution in [0.2, 0.25) is 5.02 Å². The topological polar surface area (TPSA) is 60.4 Å². The number of aryl methyl sites for hydroxylation is 1. The molecular weight excluding hydrogens is 489 g/mol. The Morgan fingerprint density at radius 3 is 2.06 bits per heavy atom. The average Bonchev–Trinajstić information content (AvgIpc) is 3.22. The Kier molecular flexibility index (Phi) is 6.31. The van der Waals surface area contributed by atoms with Crippen LogP contribution >= 0.6 is 11.6 Å². The highest BCUT2D eigenvalue weighted by Crippen LogP contribution is 2.49. The van der Waals surface area contributed by atoms with Gasteiger partial charge in [0.05, 0.1) is 10.8 Å². The Morgan fingerprint density at radius 1 is 0.912 bits per heavy atom. The number of carbonyl (C=O) groups is 1. The van der Waals surface area contributed by atoms with Crippen LogP contribution in [0.4, 0.5) is 13.2 Å². The van der Waals surface area contributed by atoms with Crippen molar-refractivity contribution in [3.63, 3.8) is 0 Å². The molecule has 0 aromatic heterocycles. The lowest BCUT2D eigenvalue weighted by molar-refractivity contribution is -0.131. The molecule has 0 radical (unpaired) electrons. The van der Waals surface area contributed by atoms with E-state index in [0.717, 1.165) is 5.56 Å². The predicted molar refractivity (Wildman–Crippen MR) is 121 cm³/mol. The van der Waals surface area contributed by atoms with Gasteiger partial charge in [0.15, 0.2) is 6.10 Å². The van der Waals surface area contributed by atoms with Gasteiger partial charge in [0.1, 0.15) is 4.91 Å². The fraction of sp³-hybridized carbons (Fsp3) is 0.160. The summed E-state index contributed by atoms with van der Waals surface area (Å²) in [6.45, 7) is 1.72. The maximum atomic E-state index is 14.1. The van der Waals surface area contributed by atoms with Gasteiger partial charge >= 0.3 is 6.18 Å². The first kappa shape index (κ1) is 24.0. The average molecular weight is 507 g/mol. The molecule has 0 N–H and O–H groups in total. The van der Waals surface area contributed by atoms with E-state index in [9.17, 15) is 26.4 Å². The SMILES string of the molecule is Cc1ccc(S(=O)(=O)C2=C(C(F)(F)F)O[C@@H](C(=O)c3ccccc3)[C@@H]2c2ccc(Cl)cc2)cc1. The fourth-order valence-electron chi connectivity index (χ4n) is 3.84. The number of ketones is 1. The molecule has 176 valence electrons. The van der Waals surface area contributed by atoms with Crippen LogP contribution in [0.25, 0.3) is 0 Å². The summed E-state index contributed by atoms with van der Waals surface area (Å²) in [5.74, 6) is -3.99. The first-order valence-electron chi connectivity index (χ1n) is 10.1. The van der Waals surface area contributed by atoms with Crippen molar-refractivity contribution >= 4 is 27.2 Å². The number of halogens is 4. The molecule has 1 heterocycles. The van der Waals surface area contributed by atoms with Gasteiger partial charge in [-0.1, -0.05) is 71.8 Å². The largest absolute Gasteiger partial charge is 0.475 e. The number of alkyl halides is 3. The Morgan fingerprint density at radius 2 is 1.50 bits per heavy atom. The number of allylic oxidation sites excluding steroid dienone is 1. The molecule has 0 bridgehead atoms. The molecule has 1 aliphatic rings. The number of ether oxygens (including phenoxy) is 1. The van der Waals surface area contributed by atoms with Gasteiger partial charge in [-0.2, -0.15) is 13.2 Å². The quantitative estimate of drug-likeness (QED) is 0.383. The minimum Gasteiger partial charge on any atom is -0.475 e. The van der Waals surface area contributed by atoms with Crippen molar-refractivity contribution in [1.29, 1.82) is 0 Å². The van der Waals surface area contributed by atoms with E-state index in [4.69, 9.17) is 16.3 Å². The van der Waals surface area contributed by atoms with Gasteiger partial charge in [-0.3, -0.25) is 4.79 Å². The van der Waals surface area contributed by atoms with Crippen molar-refractivity contribution in [2.45, 2.75) is 30.0 Å². The lowest BCUT2D eigenvalue weighted by Crippen LogP contribution is -2.29. The van der Waals surface area contributed by atoms with Crippen LogP contribution in [0.15, 0.2) is 94.4 Å². The molecule has 3 aromatic carbocycles. The van der Waals surface area contributed by atoms with Gasteiger partial charge in [-0.15, -0.1) is 0 Å². The Bertz CT molecular complexity index is 1350. The van der Waals surface area contributed by atoms with Crippen molar-refractivity contribution in [3.05, 3.63) is 111 Å². The molecular formula is C25H18ClF3O4S. The molecule has 3 aromatic rings. The third kappa shape index (κ3) is 4.48. The van der Waals surface area contributed by atoms with E-state index < -0.39 is 44.5 Å². The zero-order valence-corrected chi connectivity index (χ0v) is 19.3. The van der Waals surface area contributed by atoms with E-state index in [1.54, 1.807) is 25.1 Å². The second-order valence-electron chi connectivity index (χ2n) is 7.81. The molecule has 1 aliphatic heterocycles. The summed E-state index contributed by atoms with van der Waals surface area (Å²) in [6, 6.07) is 18.7. The number of sulfone groups is 1. The van der Waals surface area contributed by atoms with E-state index >= 15 is 0 Å². The van der Waals surface area contributed by atoms with Crippen molar-refractivity contribution < 1.29 is 31.1 Å². The molecule has 34 heavy (non-hydrogen) atoms. The number of hydrogen-bond donors (Lipinski definition) is 0. The number of Topliss-reactive ketones (excluding diaryl/α,β-unsaturated/α-hetero) is 1. The normalized spacial score (nSPS) is 18.6. The third-order valence-corrected chi connectivity index (χ3v) is 7.64. The maximum Gasteiger partial charge on any atom is 0.450 e. The van der Waals surface area contributed by atoms with Crippen LogP contribution in [0, 0.1) is 6.92 Å². The standard InChI is InChI=1S/C25H18ClF3O4S/c1-15-7-13-19(14-8-15)34(31,32)23-20(16-9-11-18(26)12-10-16)22(33-24(23)25(27,28)29)21(30)17-5-3-2-4-6-17/h2-14,20,22H,1H3/t20-,22+/m0/s1. The summed E-state index contributed by atoms with van der Waals surface area (Å²) >= 11 is 5.94. The summed E-state index contributed by atoms with van der Waals surface area (Å²) in [5.41, 5.74) is 0.989. The summed E-state index contributed by atoms with van der Waals surface area (Å²) in [7, 11) is -4.69. The summed E-state index contributed by atoms with van der Waals surface area (Å²) in [5, 5.41) is 0.302. The highest BCUT2D eigenvalue weighted by Gasteiger charge is 2.55. The fourth-order valence-corrected chi connectivity index (χ4v) is 5.72. The third-order valence-electron chi connectivity index (χ3n) is 5.48. The molecule has 0 fully saturated rings. The summed E-state index contributed by atoms with van der Waals surface area (Å²) in [4.78, 5) is 12.0. The molecule has 0 saturated carbocycles. The van der Waals surface area contributed by atoms with Gasteiger partial charge in [-0.05, 0) is 36.8 Å². The number of hydrogen-bond acceptors (Lipinski definition) is 4. The van der Waals surface area contributed by atoms with Gasteiger partial charge in [0.25, 0.3) is 0 Å². The van der Waals surface area contributed by atoms with E-state index in [-0.39, 0.29) is 16.0 Å². The van der Waals surface area contributed by atoms with Gasteiger partial charge in [0, 0.05) is 10.6 Å². The molecule has 4 nitrogen and oxygen atoms in total. The first-order valence-corrected chi connectivity index (χ1v) is 12.0. The zero-order chi connectivity index (χ0) is 24.7. The second kappa shape index (κ2) is 8.92. The van der Waals surface area contributed by atoms with Gasteiger partial charge in [0.2, 0.25) is 21.4 Å². The van der Waals surface area contributed by atoms with Crippen LogP contribution in [0.5, 0.6) is 0 Å². The Balaban J connectivity index is 1.96. The minimum atomic E-state index is -5.15. The van der Waals surface area contributed by atoms with Crippen molar-refractivity contribution in [3.8, 4) is 0 Å². The van der Waals surface area contributed by atoms with Gasteiger partial charge < -0.3 is 4.74 Å². The van der Waals surface area contributed by atoms with Crippen LogP contribution in [0.1, 0.15) is 27.4 Å². The van der Waals surface area contributed by atoms with E-state index in [2.05, 4.69) is 0 Å². The van der Waals surface area contributed by atoms with E-state index in [1.165, 1.54) is 60.7 Å².